The number of aryl methyl sites for hydroxylation is 2. The van der Waals surface area contributed by atoms with E-state index in [4.69, 9.17) is 0 Å². The van der Waals surface area contributed by atoms with Gasteiger partial charge in [0.25, 0.3) is 0 Å². The molecule has 2 aromatic carbocycles. The molecule has 42 heavy (non-hydrogen) atoms. The lowest BCUT2D eigenvalue weighted by Crippen LogP contribution is -2.60. The van der Waals surface area contributed by atoms with Gasteiger partial charge in [-0.1, -0.05) is 67.3 Å². The van der Waals surface area contributed by atoms with Gasteiger partial charge in [-0.2, -0.15) is 0 Å². The number of nitrogens with zero attached hydrogens (tertiary/aromatic N) is 2. The summed E-state index contributed by atoms with van der Waals surface area (Å²) in [5.74, 6) is -0.175. The first kappa shape index (κ1) is 29.8. The molecule has 0 saturated carbocycles. The highest BCUT2D eigenvalue weighted by Gasteiger charge is 2.37. The van der Waals surface area contributed by atoms with Crippen LogP contribution in [0.25, 0.3) is 0 Å². The molecule has 1 saturated heterocycles. The first-order valence-electron chi connectivity index (χ1n) is 15.5. The van der Waals surface area contributed by atoms with Crippen molar-refractivity contribution in [1.82, 2.24) is 15.5 Å². The van der Waals surface area contributed by atoms with E-state index in [9.17, 15) is 9.59 Å². The molecule has 0 bridgehead atoms. The van der Waals surface area contributed by atoms with Gasteiger partial charge in [-0.15, -0.1) is 0 Å². The number of carbonyl (C=O) groups is 2. The maximum atomic E-state index is 14.0. The number of amides is 2. The molecule has 2 heterocycles. The zero-order valence-corrected chi connectivity index (χ0v) is 25.5. The molecule has 6 heteroatoms. The molecule has 2 atom stereocenters. The molecule has 0 radical (unpaired) electrons. The number of nitrogens with one attached hydrogen (secondary N) is 2. The van der Waals surface area contributed by atoms with Crippen LogP contribution in [0.1, 0.15) is 55.4 Å². The number of hydrogen-bond acceptors (Lipinski definition) is 4. The maximum absolute atomic E-state index is 14.0. The Morgan fingerprint density at radius 1 is 1.02 bits per heavy atom. The minimum absolute atomic E-state index is 0.0139. The normalized spacial score (nSPS) is 20.9. The summed E-state index contributed by atoms with van der Waals surface area (Å²) in [6.45, 7) is 17.0. The fraction of sp³-hybridized carbons (Fsp3) is 0.444. The van der Waals surface area contributed by atoms with E-state index in [-0.39, 0.29) is 11.8 Å². The van der Waals surface area contributed by atoms with Crippen LogP contribution in [0.5, 0.6) is 0 Å². The van der Waals surface area contributed by atoms with Gasteiger partial charge in [-0.05, 0) is 86.8 Å². The van der Waals surface area contributed by atoms with Crippen LogP contribution in [-0.2, 0) is 28.9 Å². The Hall–Kier alpha value is -3.64. The number of carbonyl (C=O) groups excluding carboxylic acids is 2. The lowest BCUT2D eigenvalue weighted by Gasteiger charge is -2.40. The molecule has 0 aromatic heterocycles. The zero-order chi connectivity index (χ0) is 29.9. The van der Waals surface area contributed by atoms with Gasteiger partial charge >= 0.3 is 0 Å². The average molecular weight is 567 g/mol. The number of benzene rings is 2. The van der Waals surface area contributed by atoms with Gasteiger partial charge in [0.05, 0.1) is 6.04 Å². The average Bonchev–Trinajstić information content (AvgIpc) is 3.00. The highest BCUT2D eigenvalue weighted by molar-refractivity contribution is 5.90. The van der Waals surface area contributed by atoms with E-state index in [1.165, 1.54) is 35.2 Å². The van der Waals surface area contributed by atoms with Gasteiger partial charge in [0.2, 0.25) is 11.8 Å². The van der Waals surface area contributed by atoms with Crippen molar-refractivity contribution in [3.05, 3.63) is 101 Å². The fourth-order valence-electron chi connectivity index (χ4n) is 6.91. The number of piperazine rings is 1. The van der Waals surface area contributed by atoms with Crippen LogP contribution in [0, 0.1) is 6.92 Å². The van der Waals surface area contributed by atoms with Gasteiger partial charge in [0.1, 0.15) is 6.04 Å². The summed E-state index contributed by atoms with van der Waals surface area (Å²) in [6, 6.07) is 13.8. The summed E-state index contributed by atoms with van der Waals surface area (Å²) in [7, 11) is 0. The lowest BCUT2D eigenvalue weighted by molar-refractivity contribution is -0.137. The summed E-state index contributed by atoms with van der Waals surface area (Å²) < 4.78 is 0. The summed E-state index contributed by atoms with van der Waals surface area (Å²) in [5, 5.41) is 6.64. The van der Waals surface area contributed by atoms with Crippen LogP contribution in [-0.4, -0.2) is 60.5 Å². The summed E-state index contributed by atoms with van der Waals surface area (Å²) in [4.78, 5) is 32.1. The smallest absolute Gasteiger partial charge is 0.245 e. The Kier molecular flexibility index (Phi) is 9.02. The molecule has 1 aliphatic carbocycles. The third kappa shape index (κ3) is 6.39. The van der Waals surface area contributed by atoms with Crippen molar-refractivity contribution in [2.75, 3.05) is 31.1 Å². The molecule has 1 unspecified atom stereocenters. The Morgan fingerprint density at radius 3 is 2.43 bits per heavy atom. The molecule has 6 nitrogen and oxygen atoms in total. The first-order chi connectivity index (χ1) is 20.2. The molecular weight excluding hydrogens is 520 g/mol. The van der Waals surface area contributed by atoms with Gasteiger partial charge in [-0.25, -0.2) is 0 Å². The van der Waals surface area contributed by atoms with Crippen LogP contribution in [0.2, 0.25) is 0 Å². The number of rotatable bonds is 8. The van der Waals surface area contributed by atoms with Crippen LogP contribution >= 0.6 is 0 Å². The van der Waals surface area contributed by atoms with E-state index >= 15 is 0 Å². The van der Waals surface area contributed by atoms with Gasteiger partial charge in [-0.3, -0.25) is 14.9 Å². The van der Waals surface area contributed by atoms with Crippen LogP contribution in [0.15, 0.2) is 78.9 Å². The van der Waals surface area contributed by atoms with E-state index < -0.39 is 17.6 Å². The zero-order valence-electron chi connectivity index (χ0n) is 25.5. The summed E-state index contributed by atoms with van der Waals surface area (Å²) in [5.41, 5.74) is 8.12. The molecule has 2 amide bonds. The fourth-order valence-corrected chi connectivity index (χ4v) is 6.91. The Labute approximate surface area is 251 Å². The van der Waals surface area contributed by atoms with Crippen molar-refractivity contribution in [3.8, 4) is 0 Å². The van der Waals surface area contributed by atoms with Crippen LogP contribution in [0.4, 0.5) is 5.69 Å². The van der Waals surface area contributed by atoms with Crippen molar-refractivity contribution in [1.29, 1.82) is 0 Å². The molecule has 2 aromatic rings. The Balaban J connectivity index is 1.31. The van der Waals surface area contributed by atoms with Gasteiger partial charge in [0.15, 0.2) is 0 Å². The number of hydrogen-bond donors (Lipinski definition) is 2. The Morgan fingerprint density at radius 2 is 1.74 bits per heavy atom. The highest BCUT2D eigenvalue weighted by Crippen LogP contribution is 2.32. The summed E-state index contributed by atoms with van der Waals surface area (Å²) >= 11 is 0. The lowest BCUT2D eigenvalue weighted by atomic mass is 9.82. The number of fused-ring (bicyclic) bond motifs is 1. The predicted molar refractivity (Wildman–Crippen MR) is 172 cm³/mol. The topological polar surface area (TPSA) is 64.7 Å². The van der Waals surface area contributed by atoms with E-state index in [1.807, 2.05) is 30.9 Å². The molecule has 222 valence electrons. The van der Waals surface area contributed by atoms with Gasteiger partial charge < -0.3 is 15.1 Å². The molecule has 1 fully saturated rings. The SMILES string of the molecule is C=CC1=C(C=C)C(C)(C)NC(C(=O)N[C@H](Cc2ccc(C)cc2)C(=O)N2CCN(c3cccc4c3CCCC4)CC2)C1. The van der Waals surface area contributed by atoms with E-state index in [2.05, 4.69) is 78.1 Å². The second-order valence-corrected chi connectivity index (χ2v) is 12.6. The molecular formula is C36H46N4O2. The van der Waals surface area contributed by atoms with Crippen molar-refractivity contribution in [3.63, 3.8) is 0 Å². The molecule has 5 rings (SSSR count). The van der Waals surface area contributed by atoms with Crippen molar-refractivity contribution in [2.45, 2.75) is 76.9 Å². The first-order valence-corrected chi connectivity index (χ1v) is 15.5. The highest BCUT2D eigenvalue weighted by atomic mass is 16.2. The predicted octanol–water partition coefficient (Wildman–Crippen LogP) is 5.06. The van der Waals surface area contributed by atoms with E-state index in [0.29, 0.717) is 25.9 Å². The molecule has 2 N–H and O–H groups in total. The summed E-state index contributed by atoms with van der Waals surface area (Å²) in [6.07, 6.45) is 9.43. The van der Waals surface area contributed by atoms with Crippen molar-refractivity contribution >= 4 is 17.5 Å². The minimum atomic E-state index is -0.641. The van der Waals surface area contributed by atoms with Crippen LogP contribution < -0.4 is 15.5 Å². The molecule has 0 spiro atoms. The quantitative estimate of drug-likeness (QED) is 0.469. The van der Waals surface area contributed by atoms with Crippen molar-refractivity contribution in [2.24, 2.45) is 0 Å². The third-order valence-electron chi connectivity index (χ3n) is 9.22. The third-order valence-corrected chi connectivity index (χ3v) is 9.22. The number of allylic oxidation sites excluding steroid dienone is 1. The molecule has 2 aliphatic heterocycles. The largest absolute Gasteiger partial charge is 0.368 e. The van der Waals surface area contributed by atoms with E-state index in [1.54, 1.807) is 0 Å². The van der Waals surface area contributed by atoms with Crippen LogP contribution in [0.3, 0.4) is 0 Å². The van der Waals surface area contributed by atoms with E-state index in [0.717, 1.165) is 42.6 Å². The Bertz CT molecular complexity index is 1370. The monoisotopic (exact) mass is 566 g/mol. The maximum Gasteiger partial charge on any atom is 0.245 e. The second kappa shape index (κ2) is 12.7. The molecule has 3 aliphatic rings. The van der Waals surface area contributed by atoms with Crippen molar-refractivity contribution < 1.29 is 9.59 Å². The standard InChI is InChI=1S/C36H46N4O2/c1-6-27-24-31(38-36(4,5)30(27)7-2)34(41)37-32(23-26-17-15-25(3)16-18-26)35(42)40-21-19-39(20-22-40)33-14-10-12-28-11-8-9-13-29(28)33/h6-7,10,12,14-18,31-32,38H,1-2,8-9,11,13,19-24H2,3-5H3,(H,37,41)/t31?,32-/m1/s1. The second-order valence-electron chi connectivity index (χ2n) is 12.6. The van der Waals surface area contributed by atoms with Gasteiger partial charge in [0, 0.05) is 43.8 Å². The minimum Gasteiger partial charge on any atom is -0.368 e. The number of anilines is 1.